The van der Waals surface area contributed by atoms with Crippen molar-refractivity contribution in [2.45, 2.75) is 6.92 Å². The number of halogens is 1. The summed E-state index contributed by atoms with van der Waals surface area (Å²) in [6, 6.07) is 6.69. The minimum atomic E-state index is -0.323. The third-order valence-electron chi connectivity index (χ3n) is 3.08. The molecule has 0 aliphatic rings. The van der Waals surface area contributed by atoms with E-state index in [1.54, 1.807) is 36.5 Å². The number of thiazole rings is 1. The molecule has 1 N–H and O–H groups in total. The topological polar surface area (TPSA) is 71.5 Å². The molecule has 0 radical (unpaired) electrons. The van der Waals surface area contributed by atoms with E-state index in [9.17, 15) is 9.59 Å². The second-order valence-electron chi connectivity index (χ2n) is 5.13. The molecule has 0 saturated heterocycles. The van der Waals surface area contributed by atoms with Crippen molar-refractivity contribution in [1.29, 1.82) is 0 Å². The lowest BCUT2D eigenvalue weighted by Crippen LogP contribution is -2.40. The van der Waals surface area contributed by atoms with E-state index in [0.29, 0.717) is 15.9 Å². The van der Waals surface area contributed by atoms with E-state index in [1.165, 1.54) is 16.2 Å². The van der Waals surface area contributed by atoms with Crippen molar-refractivity contribution in [3.8, 4) is 5.75 Å². The van der Waals surface area contributed by atoms with Crippen LogP contribution in [-0.4, -0.2) is 41.4 Å². The molecule has 0 unspecified atom stereocenters. The Balaban J connectivity index is 1.89. The van der Waals surface area contributed by atoms with Crippen LogP contribution >= 0.6 is 22.9 Å². The van der Waals surface area contributed by atoms with Gasteiger partial charge in [0.05, 0.1) is 0 Å². The Labute approximate surface area is 155 Å². The van der Waals surface area contributed by atoms with Crippen molar-refractivity contribution in [3.63, 3.8) is 0 Å². The van der Waals surface area contributed by atoms with Crippen LogP contribution in [0, 0.1) is 6.92 Å². The van der Waals surface area contributed by atoms with E-state index in [-0.39, 0.29) is 31.5 Å². The van der Waals surface area contributed by atoms with Crippen molar-refractivity contribution in [3.05, 3.63) is 53.0 Å². The van der Waals surface area contributed by atoms with Crippen molar-refractivity contribution >= 4 is 39.9 Å². The maximum atomic E-state index is 12.3. The van der Waals surface area contributed by atoms with E-state index in [1.807, 2.05) is 6.92 Å². The Morgan fingerprint density at radius 2 is 2.12 bits per heavy atom. The highest BCUT2D eigenvalue weighted by Crippen LogP contribution is 2.17. The molecule has 8 heteroatoms. The number of aromatic nitrogens is 1. The molecule has 0 aliphatic heterocycles. The fourth-order valence-corrected chi connectivity index (χ4v) is 2.73. The molecule has 0 bridgehead atoms. The van der Waals surface area contributed by atoms with Crippen LogP contribution in [0.15, 0.2) is 43.1 Å². The predicted molar refractivity (Wildman–Crippen MR) is 99.2 cm³/mol. The third-order valence-corrected chi connectivity index (χ3v) is 4.16. The van der Waals surface area contributed by atoms with Gasteiger partial charge in [0.15, 0.2) is 11.7 Å². The van der Waals surface area contributed by atoms with Gasteiger partial charge in [-0.3, -0.25) is 9.59 Å². The molecule has 0 spiro atoms. The largest absolute Gasteiger partial charge is 0.484 e. The summed E-state index contributed by atoms with van der Waals surface area (Å²) < 4.78 is 5.43. The van der Waals surface area contributed by atoms with Gasteiger partial charge in [-0.25, -0.2) is 4.98 Å². The molecular formula is C17H18ClN3O3S. The Hall–Kier alpha value is -2.38. The van der Waals surface area contributed by atoms with Gasteiger partial charge in [-0.1, -0.05) is 17.7 Å². The zero-order valence-electron chi connectivity index (χ0n) is 13.7. The minimum absolute atomic E-state index is 0.104. The summed E-state index contributed by atoms with van der Waals surface area (Å²) in [7, 11) is 0. The standard InChI is InChI=1S/C17H18ClN3O3S/c1-3-8-21(10-15(22)20-17-19-9-12(2)25-17)16(23)11-24-14-6-4-13(18)5-7-14/h3-7,9H,1,8,10-11H2,2H3,(H,19,20,22). The molecule has 132 valence electrons. The van der Waals surface area contributed by atoms with Gasteiger partial charge in [0, 0.05) is 22.6 Å². The lowest BCUT2D eigenvalue weighted by atomic mass is 10.3. The van der Waals surface area contributed by atoms with Crippen LogP contribution in [0.5, 0.6) is 5.75 Å². The van der Waals surface area contributed by atoms with Crippen LogP contribution in [-0.2, 0) is 9.59 Å². The molecule has 1 aromatic heterocycles. The van der Waals surface area contributed by atoms with Gasteiger partial charge in [0.2, 0.25) is 5.91 Å². The Morgan fingerprint density at radius 1 is 1.40 bits per heavy atom. The van der Waals surface area contributed by atoms with Crippen molar-refractivity contribution in [1.82, 2.24) is 9.88 Å². The highest BCUT2D eigenvalue weighted by atomic mass is 35.5. The van der Waals surface area contributed by atoms with E-state index < -0.39 is 0 Å². The van der Waals surface area contributed by atoms with Crippen LogP contribution < -0.4 is 10.1 Å². The van der Waals surface area contributed by atoms with Crippen molar-refractivity contribution in [2.24, 2.45) is 0 Å². The minimum Gasteiger partial charge on any atom is -0.484 e. The number of nitrogens with zero attached hydrogens (tertiary/aromatic N) is 2. The van der Waals surface area contributed by atoms with Crippen LogP contribution in [0.1, 0.15) is 4.88 Å². The van der Waals surface area contributed by atoms with Crippen LogP contribution in [0.25, 0.3) is 0 Å². The normalized spacial score (nSPS) is 10.2. The van der Waals surface area contributed by atoms with E-state index in [2.05, 4.69) is 16.9 Å². The number of hydrogen-bond donors (Lipinski definition) is 1. The summed E-state index contributed by atoms with van der Waals surface area (Å²) in [6.07, 6.45) is 3.23. The van der Waals surface area contributed by atoms with Crippen LogP contribution in [0.3, 0.4) is 0 Å². The number of ether oxygens (including phenoxy) is 1. The quantitative estimate of drug-likeness (QED) is 0.715. The summed E-state index contributed by atoms with van der Waals surface area (Å²) in [6.45, 7) is 5.47. The fourth-order valence-electron chi connectivity index (χ4n) is 1.92. The second-order valence-corrected chi connectivity index (χ2v) is 6.80. The van der Waals surface area contributed by atoms with Crippen molar-refractivity contribution < 1.29 is 14.3 Å². The fraction of sp³-hybridized carbons (Fsp3) is 0.235. The summed E-state index contributed by atoms with van der Waals surface area (Å²) in [5.41, 5.74) is 0. The Bertz CT molecular complexity index is 746. The number of nitrogens with one attached hydrogen (secondary N) is 1. The van der Waals surface area contributed by atoms with Crippen molar-refractivity contribution in [2.75, 3.05) is 25.0 Å². The highest BCUT2D eigenvalue weighted by Gasteiger charge is 2.17. The molecule has 6 nitrogen and oxygen atoms in total. The number of rotatable bonds is 8. The average molecular weight is 380 g/mol. The van der Waals surface area contributed by atoms with Gasteiger partial charge in [-0.15, -0.1) is 17.9 Å². The molecule has 0 aliphatic carbocycles. The van der Waals surface area contributed by atoms with Crippen LogP contribution in [0.4, 0.5) is 5.13 Å². The molecule has 0 fully saturated rings. The van der Waals surface area contributed by atoms with Gasteiger partial charge >= 0.3 is 0 Å². The summed E-state index contributed by atoms with van der Waals surface area (Å²) >= 11 is 7.17. The van der Waals surface area contributed by atoms with Gasteiger partial charge in [0.25, 0.3) is 5.91 Å². The third kappa shape index (κ3) is 6.21. The first-order chi connectivity index (χ1) is 12.0. The SMILES string of the molecule is C=CCN(CC(=O)Nc1ncc(C)s1)C(=O)COc1ccc(Cl)cc1. The van der Waals surface area contributed by atoms with Gasteiger partial charge in [-0.2, -0.15) is 0 Å². The van der Waals surface area contributed by atoms with Gasteiger partial charge in [0.1, 0.15) is 12.3 Å². The summed E-state index contributed by atoms with van der Waals surface area (Å²) in [5.74, 6) is -0.115. The zero-order valence-corrected chi connectivity index (χ0v) is 15.3. The van der Waals surface area contributed by atoms with E-state index >= 15 is 0 Å². The van der Waals surface area contributed by atoms with Crippen LogP contribution in [0.2, 0.25) is 5.02 Å². The average Bonchev–Trinajstić information content (AvgIpc) is 2.98. The first-order valence-corrected chi connectivity index (χ1v) is 8.66. The molecule has 1 heterocycles. The van der Waals surface area contributed by atoms with Gasteiger partial charge in [-0.05, 0) is 31.2 Å². The zero-order chi connectivity index (χ0) is 18.2. The maximum Gasteiger partial charge on any atom is 0.261 e. The summed E-state index contributed by atoms with van der Waals surface area (Å²) in [5, 5.41) is 3.76. The number of amides is 2. The first-order valence-electron chi connectivity index (χ1n) is 7.47. The molecule has 0 saturated carbocycles. The van der Waals surface area contributed by atoms with E-state index in [0.717, 1.165) is 4.88 Å². The monoisotopic (exact) mass is 379 g/mol. The number of hydrogen-bond acceptors (Lipinski definition) is 5. The molecule has 0 atom stereocenters. The number of anilines is 1. The molecule has 25 heavy (non-hydrogen) atoms. The second kappa shape index (κ2) is 9.19. The molecule has 2 aromatic rings. The summed E-state index contributed by atoms with van der Waals surface area (Å²) in [4.78, 5) is 30.8. The highest BCUT2D eigenvalue weighted by molar-refractivity contribution is 7.15. The number of aryl methyl sites for hydroxylation is 1. The lowest BCUT2D eigenvalue weighted by Gasteiger charge is -2.20. The Kier molecular flexibility index (Phi) is 6.97. The predicted octanol–water partition coefficient (Wildman–Crippen LogP) is 3.14. The molecular weight excluding hydrogens is 362 g/mol. The maximum absolute atomic E-state index is 12.3. The van der Waals surface area contributed by atoms with E-state index in [4.69, 9.17) is 16.3 Å². The molecule has 1 aromatic carbocycles. The lowest BCUT2D eigenvalue weighted by molar-refractivity contribution is -0.135. The smallest absolute Gasteiger partial charge is 0.261 e. The number of benzene rings is 1. The first kappa shape index (κ1) is 19.0. The van der Waals surface area contributed by atoms with Gasteiger partial charge < -0.3 is 15.0 Å². The Morgan fingerprint density at radius 3 is 2.72 bits per heavy atom. The number of carbonyl (C=O) groups excluding carboxylic acids is 2. The molecule has 2 amide bonds. The number of carbonyl (C=O) groups is 2. The molecule has 2 rings (SSSR count).